The van der Waals surface area contributed by atoms with Gasteiger partial charge in [-0.15, -0.1) is 0 Å². The number of esters is 1. The van der Waals surface area contributed by atoms with Crippen LogP contribution in [0.3, 0.4) is 0 Å². The Kier molecular flexibility index (Phi) is 3.62. The number of ether oxygens (including phenoxy) is 2. The summed E-state index contributed by atoms with van der Waals surface area (Å²) < 4.78 is 10.5. The second kappa shape index (κ2) is 5.62. The lowest BCUT2D eigenvalue weighted by Gasteiger charge is -2.41. The Hall–Kier alpha value is -1.47. The van der Waals surface area contributed by atoms with Gasteiger partial charge < -0.3 is 9.47 Å². The lowest BCUT2D eigenvalue weighted by molar-refractivity contribution is -0.437. The van der Waals surface area contributed by atoms with Crippen LogP contribution in [0.25, 0.3) is 0 Å². The summed E-state index contributed by atoms with van der Waals surface area (Å²) in [5.74, 6) is 0.136. The first-order valence-electron chi connectivity index (χ1n) is 7.65. The number of rotatable bonds is 2. The summed E-state index contributed by atoms with van der Waals surface area (Å²) in [6.45, 7) is 0.694. The highest BCUT2D eigenvalue weighted by Gasteiger charge is 2.54. The van der Waals surface area contributed by atoms with Gasteiger partial charge in [0.2, 0.25) is 0 Å². The summed E-state index contributed by atoms with van der Waals surface area (Å²) in [7, 11) is 1.37. The summed E-state index contributed by atoms with van der Waals surface area (Å²) in [5.41, 5.74) is 1.23. The smallest absolute Gasteiger partial charge is 0.337 e. The number of carbonyl (C=O) groups excluding carboxylic acids is 1. The van der Waals surface area contributed by atoms with Crippen molar-refractivity contribution in [2.45, 2.75) is 37.2 Å². The quantitative estimate of drug-likeness (QED) is 0.774. The van der Waals surface area contributed by atoms with E-state index in [1.54, 1.807) is 0 Å². The van der Waals surface area contributed by atoms with Gasteiger partial charge in [0.1, 0.15) is 0 Å². The van der Waals surface area contributed by atoms with Gasteiger partial charge in [-0.2, -0.15) is 0 Å². The molecule has 3 heterocycles. The molecule has 0 aliphatic carbocycles. The average Bonchev–Trinajstić information content (AvgIpc) is 3.18. The van der Waals surface area contributed by atoms with E-state index in [4.69, 9.17) is 19.1 Å². The number of hydrogen-bond acceptors (Lipinski definition) is 6. The van der Waals surface area contributed by atoms with Crippen LogP contribution in [-0.4, -0.2) is 43.3 Å². The van der Waals surface area contributed by atoms with E-state index >= 15 is 0 Å². The van der Waals surface area contributed by atoms with E-state index < -0.39 is 6.10 Å². The zero-order chi connectivity index (χ0) is 15.1. The largest absolute Gasteiger partial charge is 0.467 e. The number of benzene rings is 1. The van der Waals surface area contributed by atoms with Crippen molar-refractivity contribution >= 4 is 5.97 Å². The summed E-state index contributed by atoms with van der Waals surface area (Å²) in [5, 5.41) is 1.46. The zero-order valence-electron chi connectivity index (χ0n) is 12.4. The molecule has 0 aromatic heterocycles. The summed E-state index contributed by atoms with van der Waals surface area (Å²) in [6, 6.07) is 10.3. The fraction of sp³-hybridized carbons (Fsp3) is 0.562. The molecule has 0 saturated carbocycles. The predicted octanol–water partition coefficient (Wildman–Crippen LogP) is 1.63. The van der Waals surface area contributed by atoms with E-state index in [1.807, 2.05) is 18.2 Å². The number of nitrogens with zero attached hydrogens (tertiary/aromatic N) is 1. The lowest BCUT2D eigenvalue weighted by Crippen LogP contribution is -2.48. The third-order valence-electron chi connectivity index (χ3n) is 4.77. The predicted molar refractivity (Wildman–Crippen MR) is 75.2 cm³/mol. The molecule has 118 valence electrons. The van der Waals surface area contributed by atoms with E-state index in [-0.39, 0.29) is 30.1 Å². The average molecular weight is 305 g/mol. The van der Waals surface area contributed by atoms with E-state index in [1.165, 1.54) is 17.9 Å². The Morgan fingerprint density at radius 3 is 2.86 bits per heavy atom. The van der Waals surface area contributed by atoms with Crippen molar-refractivity contribution in [1.29, 1.82) is 0 Å². The molecule has 5 atom stereocenters. The third-order valence-corrected chi connectivity index (χ3v) is 4.77. The molecule has 0 bridgehead atoms. The van der Waals surface area contributed by atoms with Crippen molar-refractivity contribution in [2.75, 3.05) is 13.7 Å². The first-order valence-corrected chi connectivity index (χ1v) is 7.65. The second-order valence-corrected chi connectivity index (χ2v) is 5.94. The van der Waals surface area contributed by atoms with Crippen LogP contribution in [0.5, 0.6) is 0 Å². The minimum atomic E-state index is -0.611. The SMILES string of the molecule is COC(=O)C1CC2C(c3ccccc3)C3CCOC3ON2O1. The van der Waals surface area contributed by atoms with Crippen molar-refractivity contribution in [1.82, 2.24) is 5.23 Å². The molecule has 22 heavy (non-hydrogen) atoms. The molecule has 1 aromatic rings. The van der Waals surface area contributed by atoms with Crippen LogP contribution in [-0.2, 0) is 23.9 Å². The Balaban J connectivity index is 1.65. The molecule has 3 aliphatic heterocycles. The van der Waals surface area contributed by atoms with Crippen LogP contribution in [0.4, 0.5) is 0 Å². The minimum absolute atomic E-state index is 0.00514. The van der Waals surface area contributed by atoms with E-state index in [9.17, 15) is 4.79 Å². The van der Waals surface area contributed by atoms with Gasteiger partial charge in [0.05, 0.1) is 19.8 Å². The molecule has 4 rings (SSSR count). The molecule has 3 fully saturated rings. The topological polar surface area (TPSA) is 57.2 Å². The molecular formula is C16H19NO5. The molecule has 3 saturated heterocycles. The van der Waals surface area contributed by atoms with Crippen molar-refractivity contribution in [2.24, 2.45) is 5.92 Å². The molecule has 0 N–H and O–H groups in total. The third kappa shape index (κ3) is 2.23. The maximum Gasteiger partial charge on any atom is 0.337 e. The molecular weight excluding hydrogens is 286 g/mol. The Bertz CT molecular complexity index is 551. The monoisotopic (exact) mass is 305 g/mol. The highest BCUT2D eigenvalue weighted by molar-refractivity contribution is 5.74. The molecule has 5 unspecified atom stereocenters. The Morgan fingerprint density at radius 1 is 1.27 bits per heavy atom. The molecule has 0 amide bonds. The molecule has 0 spiro atoms. The molecule has 6 nitrogen and oxygen atoms in total. The number of methoxy groups -OCH3 is 1. The molecule has 0 radical (unpaired) electrons. The fourth-order valence-corrected chi connectivity index (χ4v) is 3.77. The fourth-order valence-electron chi connectivity index (χ4n) is 3.77. The van der Waals surface area contributed by atoms with Gasteiger partial charge in [-0.05, 0) is 12.0 Å². The van der Waals surface area contributed by atoms with Crippen LogP contribution in [0.1, 0.15) is 24.3 Å². The maximum absolute atomic E-state index is 11.8. The summed E-state index contributed by atoms with van der Waals surface area (Å²) in [6.07, 6.45) is 0.602. The number of hydroxylamine groups is 2. The van der Waals surface area contributed by atoms with Crippen LogP contribution in [0.15, 0.2) is 30.3 Å². The Labute approximate surface area is 128 Å². The van der Waals surface area contributed by atoms with Gasteiger partial charge in [-0.3, -0.25) is 4.84 Å². The minimum Gasteiger partial charge on any atom is -0.467 e. The van der Waals surface area contributed by atoms with Gasteiger partial charge in [-0.1, -0.05) is 35.6 Å². The van der Waals surface area contributed by atoms with Crippen molar-refractivity contribution in [3.8, 4) is 0 Å². The number of hydrogen-bond donors (Lipinski definition) is 0. The van der Waals surface area contributed by atoms with Crippen molar-refractivity contribution < 1.29 is 23.9 Å². The number of carbonyl (C=O) groups is 1. The highest BCUT2D eigenvalue weighted by atomic mass is 17.0. The van der Waals surface area contributed by atoms with Gasteiger partial charge in [0, 0.05) is 18.3 Å². The van der Waals surface area contributed by atoms with Gasteiger partial charge >= 0.3 is 5.97 Å². The summed E-state index contributed by atoms with van der Waals surface area (Å²) >= 11 is 0. The number of fused-ring (bicyclic) bond motifs is 2. The Morgan fingerprint density at radius 2 is 2.09 bits per heavy atom. The highest BCUT2D eigenvalue weighted by Crippen LogP contribution is 2.47. The van der Waals surface area contributed by atoms with Gasteiger partial charge in [0.25, 0.3) is 0 Å². The normalized spacial score (nSPS) is 37.6. The lowest BCUT2D eigenvalue weighted by atomic mass is 9.77. The molecule has 1 aromatic carbocycles. The van der Waals surface area contributed by atoms with E-state index in [2.05, 4.69) is 12.1 Å². The van der Waals surface area contributed by atoms with E-state index in [0.717, 1.165) is 6.42 Å². The van der Waals surface area contributed by atoms with Gasteiger partial charge in [0.15, 0.2) is 12.4 Å². The second-order valence-electron chi connectivity index (χ2n) is 5.94. The van der Waals surface area contributed by atoms with Crippen molar-refractivity contribution in [3.05, 3.63) is 35.9 Å². The zero-order valence-corrected chi connectivity index (χ0v) is 12.4. The maximum atomic E-state index is 11.8. The van der Waals surface area contributed by atoms with Gasteiger partial charge in [-0.25, -0.2) is 9.63 Å². The molecule has 6 heteroatoms. The van der Waals surface area contributed by atoms with Crippen LogP contribution < -0.4 is 0 Å². The first kappa shape index (κ1) is 14.1. The van der Waals surface area contributed by atoms with Crippen LogP contribution >= 0.6 is 0 Å². The van der Waals surface area contributed by atoms with E-state index in [0.29, 0.717) is 13.0 Å². The standard InChI is InChI=1S/C16H19NO5/c1-19-15(18)13-9-12-14(10-5-3-2-4-6-10)11-7-8-20-16(11)22-17(12)21-13/h2-6,11-14,16H,7-9H2,1H3. The van der Waals surface area contributed by atoms with Crippen LogP contribution in [0.2, 0.25) is 0 Å². The molecule has 3 aliphatic rings. The van der Waals surface area contributed by atoms with Crippen molar-refractivity contribution in [3.63, 3.8) is 0 Å². The first-order chi connectivity index (χ1) is 10.8. The summed E-state index contributed by atoms with van der Waals surface area (Å²) in [4.78, 5) is 23.2. The van der Waals surface area contributed by atoms with Crippen LogP contribution in [0, 0.1) is 5.92 Å².